The van der Waals surface area contributed by atoms with Crippen molar-refractivity contribution in [1.29, 1.82) is 0 Å². The van der Waals surface area contributed by atoms with E-state index in [1.54, 1.807) is 24.3 Å². The fraction of sp³-hybridized carbons (Fsp3) is 0.167. The van der Waals surface area contributed by atoms with Gasteiger partial charge in [-0.3, -0.25) is 0 Å². The van der Waals surface area contributed by atoms with Gasteiger partial charge in [-0.05, 0) is 42.0 Å². The zero-order chi connectivity index (χ0) is 21.0. The number of rotatable bonds is 7. The van der Waals surface area contributed by atoms with E-state index < -0.39 is 23.8 Å². The first-order valence-corrected chi connectivity index (χ1v) is 8.08. The molecule has 0 amide bonds. The number of methoxy groups -OCH3 is 1. The Labute approximate surface area is 162 Å². The van der Waals surface area contributed by atoms with Crippen molar-refractivity contribution in [2.75, 3.05) is 7.11 Å². The van der Waals surface area contributed by atoms with E-state index in [9.17, 15) is 23.1 Å². The Morgan fingerprint density at radius 1 is 1.03 bits per heavy atom. The van der Waals surface area contributed by atoms with Crippen LogP contribution in [-0.4, -0.2) is 39.5 Å². The van der Waals surface area contributed by atoms with E-state index in [2.05, 4.69) is 15.0 Å². The summed E-state index contributed by atoms with van der Waals surface area (Å²) in [6, 6.07) is 11.5. The van der Waals surface area contributed by atoms with Gasteiger partial charge in [0.15, 0.2) is 0 Å². The highest BCUT2D eigenvalue weighted by atomic mass is 19.4. The van der Waals surface area contributed by atoms with E-state index in [1.807, 2.05) is 0 Å². The predicted molar refractivity (Wildman–Crippen MR) is 92.3 cm³/mol. The van der Waals surface area contributed by atoms with Crippen LogP contribution in [0.2, 0.25) is 0 Å². The largest absolute Gasteiger partial charge is 0.573 e. The lowest BCUT2D eigenvalue weighted by molar-refractivity contribution is -0.274. The Balaban J connectivity index is 1.83. The van der Waals surface area contributed by atoms with E-state index in [-0.39, 0.29) is 18.2 Å². The van der Waals surface area contributed by atoms with Crippen molar-refractivity contribution in [3.63, 3.8) is 0 Å². The monoisotopic (exact) mass is 409 g/mol. The highest BCUT2D eigenvalue weighted by Gasteiger charge is 2.31. The molecule has 0 aliphatic heterocycles. The molecule has 0 bridgehead atoms. The number of ether oxygens (including phenoxy) is 3. The third-order valence-corrected chi connectivity index (χ3v) is 3.66. The summed E-state index contributed by atoms with van der Waals surface area (Å²) in [5.41, 5.74) is 0.334. The van der Waals surface area contributed by atoms with Crippen molar-refractivity contribution >= 4 is 5.97 Å². The van der Waals surface area contributed by atoms with Crippen LogP contribution in [0.1, 0.15) is 16.1 Å². The number of alkyl halides is 3. The molecule has 0 saturated heterocycles. The number of benzene rings is 2. The SMILES string of the molecule is COc1ccc(Cn2nnc(C(=O)O)c2Oc2ccc(OC(F)(F)F)cc2)cc1. The van der Waals surface area contributed by atoms with Crippen LogP contribution >= 0.6 is 0 Å². The molecule has 2 aromatic carbocycles. The van der Waals surface area contributed by atoms with Crippen LogP contribution < -0.4 is 14.2 Å². The van der Waals surface area contributed by atoms with Crippen molar-refractivity contribution in [1.82, 2.24) is 15.0 Å². The van der Waals surface area contributed by atoms with Gasteiger partial charge in [0, 0.05) is 0 Å². The van der Waals surface area contributed by atoms with Crippen molar-refractivity contribution in [3.8, 4) is 23.1 Å². The first-order valence-electron chi connectivity index (χ1n) is 8.08. The van der Waals surface area contributed by atoms with Crippen LogP contribution in [0.25, 0.3) is 0 Å². The predicted octanol–water partition coefficient (Wildman–Crippen LogP) is 3.72. The molecule has 152 valence electrons. The molecule has 0 aliphatic carbocycles. The fourth-order valence-electron chi connectivity index (χ4n) is 2.37. The van der Waals surface area contributed by atoms with Gasteiger partial charge in [-0.15, -0.1) is 18.3 Å². The minimum Gasteiger partial charge on any atom is -0.497 e. The summed E-state index contributed by atoms with van der Waals surface area (Å²) < 4.78 is 52.4. The molecular weight excluding hydrogens is 395 g/mol. The molecule has 3 rings (SSSR count). The second-order valence-electron chi connectivity index (χ2n) is 5.68. The van der Waals surface area contributed by atoms with Crippen molar-refractivity contribution in [2.45, 2.75) is 12.9 Å². The Morgan fingerprint density at radius 2 is 1.62 bits per heavy atom. The summed E-state index contributed by atoms with van der Waals surface area (Å²) in [4.78, 5) is 11.4. The van der Waals surface area contributed by atoms with Gasteiger partial charge in [-0.1, -0.05) is 17.3 Å². The zero-order valence-electron chi connectivity index (χ0n) is 14.9. The fourth-order valence-corrected chi connectivity index (χ4v) is 2.37. The summed E-state index contributed by atoms with van der Waals surface area (Å²) in [7, 11) is 1.53. The van der Waals surface area contributed by atoms with Crippen LogP contribution in [0.15, 0.2) is 48.5 Å². The van der Waals surface area contributed by atoms with Crippen LogP contribution in [0, 0.1) is 0 Å². The molecule has 1 N–H and O–H groups in total. The second kappa shape index (κ2) is 8.09. The van der Waals surface area contributed by atoms with Gasteiger partial charge >= 0.3 is 12.3 Å². The Morgan fingerprint density at radius 3 is 2.17 bits per heavy atom. The normalized spacial score (nSPS) is 11.2. The Hall–Kier alpha value is -3.76. The Bertz CT molecular complexity index is 985. The molecule has 1 heterocycles. The number of carboxylic acid groups (broad SMARTS) is 1. The molecule has 1 aromatic heterocycles. The summed E-state index contributed by atoms with van der Waals surface area (Å²) in [6.45, 7) is 0.148. The topological polar surface area (TPSA) is 95.7 Å². The molecule has 0 atom stereocenters. The van der Waals surface area contributed by atoms with Gasteiger partial charge < -0.3 is 19.3 Å². The van der Waals surface area contributed by atoms with Gasteiger partial charge in [0.25, 0.3) is 5.88 Å². The number of nitrogens with zero attached hydrogens (tertiary/aromatic N) is 3. The first-order chi connectivity index (χ1) is 13.7. The summed E-state index contributed by atoms with van der Waals surface area (Å²) in [6.07, 6.45) is -4.82. The van der Waals surface area contributed by atoms with Gasteiger partial charge in [-0.25, -0.2) is 9.48 Å². The number of aromatic nitrogens is 3. The quantitative estimate of drug-likeness (QED) is 0.635. The van der Waals surface area contributed by atoms with E-state index in [1.165, 1.54) is 23.9 Å². The highest BCUT2D eigenvalue weighted by Crippen LogP contribution is 2.29. The number of aromatic carboxylic acids is 1. The second-order valence-corrected chi connectivity index (χ2v) is 5.68. The number of halogens is 3. The molecule has 0 unspecified atom stereocenters. The number of hydrogen-bond donors (Lipinski definition) is 1. The average Bonchev–Trinajstić information content (AvgIpc) is 3.05. The lowest BCUT2D eigenvalue weighted by atomic mass is 10.2. The molecule has 29 heavy (non-hydrogen) atoms. The lowest BCUT2D eigenvalue weighted by Crippen LogP contribution is -2.16. The first kappa shape index (κ1) is 20.0. The lowest BCUT2D eigenvalue weighted by Gasteiger charge is -2.11. The summed E-state index contributed by atoms with van der Waals surface area (Å²) in [5.74, 6) is -1.24. The van der Waals surface area contributed by atoms with Gasteiger partial charge in [0.05, 0.1) is 13.7 Å². The minimum absolute atomic E-state index is 0.0836. The maximum absolute atomic E-state index is 12.2. The van der Waals surface area contributed by atoms with Gasteiger partial charge in [-0.2, -0.15) is 0 Å². The van der Waals surface area contributed by atoms with E-state index >= 15 is 0 Å². The van der Waals surface area contributed by atoms with Crippen molar-refractivity contribution in [2.24, 2.45) is 0 Å². The third kappa shape index (κ3) is 5.15. The molecule has 0 spiro atoms. The number of hydrogen-bond acceptors (Lipinski definition) is 6. The van der Waals surface area contributed by atoms with E-state index in [4.69, 9.17) is 9.47 Å². The molecule has 0 radical (unpaired) electrons. The van der Waals surface area contributed by atoms with Crippen LogP contribution in [0.4, 0.5) is 13.2 Å². The minimum atomic E-state index is -4.82. The maximum Gasteiger partial charge on any atom is 0.573 e. The molecule has 0 aliphatic rings. The van der Waals surface area contributed by atoms with Gasteiger partial charge in [0.2, 0.25) is 5.69 Å². The molecule has 8 nitrogen and oxygen atoms in total. The third-order valence-electron chi connectivity index (χ3n) is 3.66. The van der Waals surface area contributed by atoms with Crippen LogP contribution in [-0.2, 0) is 6.54 Å². The zero-order valence-corrected chi connectivity index (χ0v) is 14.9. The molecule has 0 saturated carbocycles. The average molecular weight is 409 g/mol. The highest BCUT2D eigenvalue weighted by molar-refractivity contribution is 5.87. The number of carboxylic acids is 1. The van der Waals surface area contributed by atoms with Crippen LogP contribution in [0.3, 0.4) is 0 Å². The summed E-state index contributed by atoms with van der Waals surface area (Å²) in [5, 5.41) is 16.7. The smallest absolute Gasteiger partial charge is 0.497 e. The molecule has 3 aromatic rings. The molecule has 11 heteroatoms. The summed E-state index contributed by atoms with van der Waals surface area (Å²) >= 11 is 0. The van der Waals surface area contributed by atoms with Gasteiger partial charge in [0.1, 0.15) is 17.2 Å². The standard InChI is InChI=1S/C18H14F3N3O5/c1-27-12-4-2-11(3-5-12)10-24-16(15(17(25)26)22-23-24)28-13-6-8-14(9-7-13)29-18(19,20)21/h2-9H,10H2,1H3,(H,25,26). The van der Waals surface area contributed by atoms with Crippen molar-refractivity contribution in [3.05, 3.63) is 59.8 Å². The Kier molecular flexibility index (Phi) is 5.57. The molecule has 0 fully saturated rings. The van der Waals surface area contributed by atoms with E-state index in [0.717, 1.165) is 17.7 Å². The molecular formula is C18H14F3N3O5. The van der Waals surface area contributed by atoms with E-state index in [0.29, 0.717) is 5.75 Å². The van der Waals surface area contributed by atoms with Crippen LogP contribution in [0.5, 0.6) is 23.1 Å². The van der Waals surface area contributed by atoms with Crippen molar-refractivity contribution < 1.29 is 37.3 Å². The number of carbonyl (C=O) groups is 1. The maximum atomic E-state index is 12.2.